The minimum atomic E-state index is -4.13. The van der Waals surface area contributed by atoms with Gasteiger partial charge in [-0.15, -0.1) is 0 Å². The number of nitrogens with zero attached hydrogens (tertiary/aromatic N) is 3. The van der Waals surface area contributed by atoms with Gasteiger partial charge in [-0.1, -0.05) is 12.1 Å². The molecule has 1 aliphatic heterocycles. The summed E-state index contributed by atoms with van der Waals surface area (Å²) in [5.41, 5.74) is 0.363. The quantitative estimate of drug-likeness (QED) is 0.695. The van der Waals surface area contributed by atoms with Gasteiger partial charge < -0.3 is 4.98 Å². The molecule has 152 valence electrons. The van der Waals surface area contributed by atoms with Crippen molar-refractivity contribution in [1.29, 1.82) is 0 Å². The number of benzene rings is 2. The first-order valence-corrected chi connectivity index (χ1v) is 10.4. The molecular formula is C19H18F2N4O3S. The number of rotatable bonds is 4. The fraction of sp³-hybridized carbons (Fsp3) is 0.263. The zero-order chi connectivity index (χ0) is 20.6. The molecule has 2 aromatic carbocycles. The summed E-state index contributed by atoms with van der Waals surface area (Å²) in [5.74, 6) is -1.30. The number of nitrogens with one attached hydrogen (secondary N) is 1. The van der Waals surface area contributed by atoms with Gasteiger partial charge in [-0.2, -0.15) is 4.31 Å². The van der Waals surface area contributed by atoms with Gasteiger partial charge in [0.15, 0.2) is 0 Å². The van der Waals surface area contributed by atoms with Gasteiger partial charge in [-0.25, -0.2) is 22.2 Å². The molecule has 0 spiro atoms. The molecule has 1 fully saturated rings. The summed E-state index contributed by atoms with van der Waals surface area (Å²) in [6, 6.07) is 9.39. The van der Waals surface area contributed by atoms with Crippen LogP contribution in [0.15, 0.2) is 52.2 Å². The molecule has 7 nitrogen and oxygen atoms in total. The third kappa shape index (κ3) is 3.91. The van der Waals surface area contributed by atoms with E-state index in [2.05, 4.69) is 9.97 Å². The first-order valence-electron chi connectivity index (χ1n) is 9.00. The maximum atomic E-state index is 13.9. The molecule has 0 unspecified atom stereocenters. The highest BCUT2D eigenvalue weighted by atomic mass is 32.2. The van der Waals surface area contributed by atoms with Crippen LogP contribution < -0.4 is 5.56 Å². The van der Waals surface area contributed by atoms with Crippen LogP contribution in [0.25, 0.3) is 10.9 Å². The lowest BCUT2D eigenvalue weighted by Gasteiger charge is -2.33. The predicted octanol–water partition coefficient (Wildman–Crippen LogP) is 1.71. The zero-order valence-electron chi connectivity index (χ0n) is 15.3. The van der Waals surface area contributed by atoms with Crippen LogP contribution in [0.1, 0.15) is 5.82 Å². The molecule has 1 saturated heterocycles. The van der Waals surface area contributed by atoms with Crippen molar-refractivity contribution in [2.45, 2.75) is 11.4 Å². The van der Waals surface area contributed by atoms with E-state index in [1.807, 2.05) is 4.90 Å². The van der Waals surface area contributed by atoms with Crippen molar-refractivity contribution in [2.24, 2.45) is 0 Å². The molecule has 0 bridgehead atoms. The van der Waals surface area contributed by atoms with Crippen molar-refractivity contribution in [1.82, 2.24) is 19.2 Å². The van der Waals surface area contributed by atoms with Crippen LogP contribution in [0.4, 0.5) is 8.78 Å². The normalized spacial score (nSPS) is 16.3. The number of H-pyrrole nitrogens is 1. The van der Waals surface area contributed by atoms with E-state index in [0.717, 1.165) is 16.4 Å². The molecule has 10 heteroatoms. The fourth-order valence-corrected chi connectivity index (χ4v) is 4.86. The first-order chi connectivity index (χ1) is 13.8. The molecule has 0 amide bonds. The van der Waals surface area contributed by atoms with E-state index in [-0.39, 0.29) is 18.6 Å². The van der Waals surface area contributed by atoms with Gasteiger partial charge in [0.25, 0.3) is 5.56 Å². The van der Waals surface area contributed by atoms with Crippen molar-refractivity contribution in [3.05, 3.63) is 70.3 Å². The lowest BCUT2D eigenvalue weighted by atomic mass is 10.2. The van der Waals surface area contributed by atoms with E-state index >= 15 is 0 Å². The highest BCUT2D eigenvalue weighted by molar-refractivity contribution is 7.89. The van der Waals surface area contributed by atoms with Gasteiger partial charge in [0.1, 0.15) is 22.4 Å². The zero-order valence-corrected chi connectivity index (χ0v) is 16.1. The molecular weight excluding hydrogens is 402 g/mol. The molecule has 1 N–H and O–H groups in total. The van der Waals surface area contributed by atoms with Crippen molar-refractivity contribution >= 4 is 20.9 Å². The Labute approximate surface area is 165 Å². The molecule has 29 heavy (non-hydrogen) atoms. The van der Waals surface area contributed by atoms with Crippen LogP contribution in [0.2, 0.25) is 0 Å². The SMILES string of the molecule is O=c1[nH]c(CN2CCN(S(=O)(=O)c3cc(F)ccc3F)CC2)nc2ccccc12. The number of piperazine rings is 1. The summed E-state index contributed by atoms with van der Waals surface area (Å²) in [4.78, 5) is 20.7. The average Bonchev–Trinajstić information content (AvgIpc) is 2.70. The van der Waals surface area contributed by atoms with E-state index in [1.165, 1.54) is 0 Å². The molecule has 0 saturated carbocycles. The summed E-state index contributed by atoms with van der Waals surface area (Å²) < 4.78 is 53.8. The molecule has 1 aromatic heterocycles. The Hall–Kier alpha value is -2.69. The second kappa shape index (κ2) is 7.62. The maximum absolute atomic E-state index is 13.9. The molecule has 2 heterocycles. The molecule has 0 radical (unpaired) electrons. The minimum Gasteiger partial charge on any atom is -0.309 e. The number of sulfonamides is 1. The van der Waals surface area contributed by atoms with Crippen LogP contribution in [0, 0.1) is 11.6 Å². The Kier molecular flexibility index (Phi) is 5.15. The Bertz CT molecular complexity index is 1220. The van der Waals surface area contributed by atoms with Crippen LogP contribution >= 0.6 is 0 Å². The second-order valence-corrected chi connectivity index (χ2v) is 8.69. The first kappa shape index (κ1) is 19.6. The Morgan fingerprint density at radius 3 is 2.52 bits per heavy atom. The van der Waals surface area contributed by atoms with Gasteiger partial charge >= 0.3 is 0 Å². The van der Waals surface area contributed by atoms with Crippen LogP contribution in [-0.2, 0) is 16.6 Å². The number of hydrogen-bond donors (Lipinski definition) is 1. The molecule has 1 aliphatic rings. The number of aromatic amines is 1. The average molecular weight is 420 g/mol. The summed E-state index contributed by atoms with van der Waals surface area (Å²) in [7, 11) is -4.13. The third-order valence-electron chi connectivity index (χ3n) is 4.88. The van der Waals surface area contributed by atoms with Crippen LogP contribution in [0.3, 0.4) is 0 Å². The van der Waals surface area contributed by atoms with Crippen molar-refractivity contribution < 1.29 is 17.2 Å². The topological polar surface area (TPSA) is 86.4 Å². The maximum Gasteiger partial charge on any atom is 0.258 e. The lowest BCUT2D eigenvalue weighted by molar-refractivity contribution is 0.178. The molecule has 0 aliphatic carbocycles. The van der Waals surface area contributed by atoms with E-state index < -0.39 is 26.6 Å². The molecule has 3 aromatic rings. The summed E-state index contributed by atoms with van der Waals surface area (Å²) in [6.45, 7) is 1.33. The molecule has 0 atom stereocenters. The summed E-state index contributed by atoms with van der Waals surface area (Å²) in [5, 5.41) is 0.504. The van der Waals surface area contributed by atoms with Gasteiger partial charge in [-0.05, 0) is 30.3 Å². The minimum absolute atomic E-state index is 0.121. The number of fused-ring (bicyclic) bond motifs is 1. The van der Waals surface area contributed by atoms with E-state index in [4.69, 9.17) is 0 Å². The number of hydrogen-bond acceptors (Lipinski definition) is 5. The van der Waals surface area contributed by atoms with E-state index in [1.54, 1.807) is 24.3 Å². The Balaban J connectivity index is 1.47. The summed E-state index contributed by atoms with van der Waals surface area (Å²) in [6.07, 6.45) is 0. The highest BCUT2D eigenvalue weighted by Gasteiger charge is 2.31. The monoisotopic (exact) mass is 420 g/mol. The van der Waals surface area contributed by atoms with Gasteiger partial charge in [-0.3, -0.25) is 9.69 Å². The molecule has 4 rings (SSSR count). The summed E-state index contributed by atoms with van der Waals surface area (Å²) >= 11 is 0. The van der Waals surface area contributed by atoms with Crippen LogP contribution in [0.5, 0.6) is 0 Å². The smallest absolute Gasteiger partial charge is 0.258 e. The Morgan fingerprint density at radius 1 is 1.03 bits per heavy atom. The van der Waals surface area contributed by atoms with Crippen molar-refractivity contribution in [2.75, 3.05) is 26.2 Å². The third-order valence-corrected chi connectivity index (χ3v) is 6.79. The fourth-order valence-electron chi connectivity index (χ4n) is 3.36. The van der Waals surface area contributed by atoms with Crippen molar-refractivity contribution in [3.8, 4) is 0 Å². The Morgan fingerprint density at radius 2 is 1.76 bits per heavy atom. The standard InChI is InChI=1S/C19H18F2N4O3S/c20-13-5-6-15(21)17(11-13)29(27,28)25-9-7-24(8-10-25)12-18-22-16-4-2-1-3-14(16)19(26)23-18/h1-6,11H,7-10,12H2,(H,22,23,26). The number of para-hydroxylation sites is 1. The predicted molar refractivity (Wildman–Crippen MR) is 103 cm³/mol. The van der Waals surface area contributed by atoms with E-state index in [0.29, 0.717) is 42.4 Å². The van der Waals surface area contributed by atoms with E-state index in [9.17, 15) is 22.0 Å². The number of halogens is 2. The van der Waals surface area contributed by atoms with Crippen LogP contribution in [-0.4, -0.2) is 53.8 Å². The second-order valence-electron chi connectivity index (χ2n) is 6.78. The highest BCUT2D eigenvalue weighted by Crippen LogP contribution is 2.22. The van der Waals surface area contributed by atoms with Gasteiger partial charge in [0.2, 0.25) is 10.0 Å². The van der Waals surface area contributed by atoms with Gasteiger partial charge in [0.05, 0.1) is 17.4 Å². The van der Waals surface area contributed by atoms with Gasteiger partial charge in [0, 0.05) is 26.2 Å². The lowest BCUT2D eigenvalue weighted by Crippen LogP contribution is -2.48. The largest absolute Gasteiger partial charge is 0.309 e. The van der Waals surface area contributed by atoms with Crippen molar-refractivity contribution in [3.63, 3.8) is 0 Å². The number of aromatic nitrogens is 2.